The molecule has 4 rings (SSSR count). The summed E-state index contributed by atoms with van der Waals surface area (Å²) in [6.45, 7) is 2.01. The van der Waals surface area contributed by atoms with Crippen LogP contribution < -0.4 is 10.6 Å². The van der Waals surface area contributed by atoms with E-state index < -0.39 is 17.7 Å². The van der Waals surface area contributed by atoms with Crippen LogP contribution >= 0.6 is 0 Å². The lowest BCUT2D eigenvalue weighted by molar-refractivity contribution is 0.262. The summed E-state index contributed by atoms with van der Waals surface area (Å²) in [5.74, 6) is -1.02. The first-order valence-electron chi connectivity index (χ1n) is 9.13. The lowest BCUT2D eigenvalue weighted by Crippen LogP contribution is -2.20. The molecule has 2 amide bonds. The summed E-state index contributed by atoms with van der Waals surface area (Å²) in [5.41, 5.74) is 4.33. The van der Waals surface area contributed by atoms with E-state index in [0.29, 0.717) is 17.6 Å². The van der Waals surface area contributed by atoms with E-state index in [2.05, 4.69) is 15.6 Å². The fourth-order valence-electron chi connectivity index (χ4n) is 3.04. The van der Waals surface area contributed by atoms with Crippen molar-refractivity contribution in [3.05, 3.63) is 90.3 Å². The Morgan fingerprint density at radius 1 is 0.933 bits per heavy atom. The summed E-state index contributed by atoms with van der Waals surface area (Å²) >= 11 is 0. The molecule has 1 heterocycles. The molecular weight excluding hydrogens is 388 g/mol. The molecule has 0 radical (unpaired) electrons. The molecule has 2 N–H and O–H groups in total. The number of benzene rings is 3. The molecule has 5 nitrogen and oxygen atoms in total. The average molecular weight is 405 g/mol. The zero-order valence-corrected chi connectivity index (χ0v) is 15.9. The van der Waals surface area contributed by atoms with E-state index in [1.165, 1.54) is 6.26 Å². The van der Waals surface area contributed by atoms with Crippen LogP contribution in [0.25, 0.3) is 22.6 Å². The highest BCUT2D eigenvalue weighted by Crippen LogP contribution is 2.29. The SMILES string of the molecule is Cc1ccc(-c2ncco2)cc1-c1ccc(NC(=O)Nc2ccc(F)cc2F)cc1. The molecule has 0 atom stereocenters. The van der Waals surface area contributed by atoms with Gasteiger partial charge in [0.2, 0.25) is 5.89 Å². The van der Waals surface area contributed by atoms with Gasteiger partial charge in [-0.15, -0.1) is 0 Å². The second kappa shape index (κ2) is 8.16. The predicted octanol–water partition coefficient (Wildman–Crippen LogP) is 6.24. The number of hydrogen-bond acceptors (Lipinski definition) is 3. The molecule has 0 unspecified atom stereocenters. The number of nitrogens with one attached hydrogen (secondary N) is 2. The molecule has 1 aromatic heterocycles. The van der Waals surface area contributed by atoms with Crippen LogP contribution in [0.4, 0.5) is 25.0 Å². The van der Waals surface area contributed by atoms with Crippen LogP contribution in [0.2, 0.25) is 0 Å². The minimum Gasteiger partial charge on any atom is -0.445 e. The third kappa shape index (κ3) is 4.20. The molecule has 0 fully saturated rings. The average Bonchev–Trinajstić information content (AvgIpc) is 3.26. The van der Waals surface area contributed by atoms with Gasteiger partial charge in [0.15, 0.2) is 0 Å². The van der Waals surface area contributed by atoms with E-state index in [0.717, 1.165) is 34.4 Å². The van der Waals surface area contributed by atoms with Gasteiger partial charge >= 0.3 is 6.03 Å². The molecule has 0 saturated carbocycles. The van der Waals surface area contributed by atoms with E-state index in [4.69, 9.17) is 4.42 Å². The normalized spacial score (nSPS) is 10.6. The van der Waals surface area contributed by atoms with Gasteiger partial charge in [0.25, 0.3) is 0 Å². The lowest BCUT2D eigenvalue weighted by atomic mass is 9.98. The molecule has 0 bridgehead atoms. The summed E-state index contributed by atoms with van der Waals surface area (Å²) < 4.78 is 32.0. The van der Waals surface area contributed by atoms with Gasteiger partial charge in [-0.05, 0) is 60.0 Å². The highest BCUT2D eigenvalue weighted by Gasteiger charge is 2.10. The number of carbonyl (C=O) groups excluding carboxylic acids is 1. The first-order chi connectivity index (χ1) is 14.5. The first-order valence-corrected chi connectivity index (χ1v) is 9.13. The minimum absolute atomic E-state index is 0.107. The first kappa shape index (κ1) is 19.3. The van der Waals surface area contributed by atoms with Gasteiger partial charge in [-0.1, -0.05) is 18.2 Å². The molecule has 7 heteroatoms. The maximum Gasteiger partial charge on any atom is 0.323 e. The van der Waals surface area contributed by atoms with Gasteiger partial charge in [-0.2, -0.15) is 0 Å². The van der Waals surface area contributed by atoms with Gasteiger partial charge in [-0.3, -0.25) is 0 Å². The maximum absolute atomic E-state index is 13.7. The Hall–Kier alpha value is -4.00. The summed E-state index contributed by atoms with van der Waals surface area (Å²) in [7, 11) is 0. The van der Waals surface area contributed by atoms with Crippen molar-refractivity contribution >= 4 is 17.4 Å². The standard InChI is InChI=1S/C23H17F2N3O2/c1-14-2-3-16(22-26-10-11-30-22)12-19(14)15-4-7-18(8-5-15)27-23(29)28-21-9-6-17(24)13-20(21)25/h2-13H,1H3,(H2,27,28,29). The number of aromatic nitrogens is 1. The van der Waals surface area contributed by atoms with Crippen LogP contribution in [0, 0.1) is 18.6 Å². The number of hydrogen-bond donors (Lipinski definition) is 2. The third-order valence-electron chi connectivity index (χ3n) is 4.55. The molecule has 3 aromatic carbocycles. The minimum atomic E-state index is -0.845. The second-order valence-electron chi connectivity index (χ2n) is 6.65. The summed E-state index contributed by atoms with van der Waals surface area (Å²) in [4.78, 5) is 16.3. The fraction of sp³-hybridized carbons (Fsp3) is 0.0435. The number of carbonyl (C=O) groups is 1. The van der Waals surface area contributed by atoms with E-state index in [1.54, 1.807) is 18.3 Å². The molecular formula is C23H17F2N3O2. The maximum atomic E-state index is 13.7. The molecule has 0 aliphatic heterocycles. The van der Waals surface area contributed by atoms with Crippen molar-refractivity contribution in [3.8, 4) is 22.6 Å². The summed E-state index contributed by atoms with van der Waals surface area (Å²) in [6, 6.07) is 15.5. The molecule has 150 valence electrons. The molecule has 0 aliphatic rings. The Bertz CT molecular complexity index is 1190. The summed E-state index contributed by atoms with van der Waals surface area (Å²) in [6.07, 6.45) is 3.12. The number of nitrogens with zero attached hydrogens (tertiary/aromatic N) is 1. The molecule has 4 aromatic rings. The quantitative estimate of drug-likeness (QED) is 0.422. The Morgan fingerprint density at radius 3 is 2.40 bits per heavy atom. The third-order valence-corrected chi connectivity index (χ3v) is 4.55. The monoisotopic (exact) mass is 405 g/mol. The zero-order valence-electron chi connectivity index (χ0n) is 15.9. The number of halogens is 2. The van der Waals surface area contributed by atoms with E-state index in [9.17, 15) is 13.6 Å². The number of anilines is 2. The highest BCUT2D eigenvalue weighted by molar-refractivity contribution is 6.00. The van der Waals surface area contributed by atoms with Crippen LogP contribution in [0.3, 0.4) is 0 Å². The largest absolute Gasteiger partial charge is 0.445 e. The Morgan fingerprint density at radius 2 is 1.70 bits per heavy atom. The van der Waals surface area contributed by atoms with E-state index in [1.807, 2.05) is 37.3 Å². The number of urea groups is 1. The van der Waals surface area contributed by atoms with Crippen LogP contribution in [-0.4, -0.2) is 11.0 Å². The van der Waals surface area contributed by atoms with Crippen LogP contribution in [0.1, 0.15) is 5.56 Å². The predicted molar refractivity (Wildman–Crippen MR) is 111 cm³/mol. The van der Waals surface area contributed by atoms with Crippen molar-refractivity contribution in [1.29, 1.82) is 0 Å². The van der Waals surface area contributed by atoms with Gasteiger partial charge in [0, 0.05) is 17.3 Å². The molecule has 0 aliphatic carbocycles. The van der Waals surface area contributed by atoms with Gasteiger partial charge in [0.1, 0.15) is 17.9 Å². The fourth-order valence-corrected chi connectivity index (χ4v) is 3.04. The number of oxazole rings is 1. The van der Waals surface area contributed by atoms with Crippen molar-refractivity contribution in [2.45, 2.75) is 6.92 Å². The van der Waals surface area contributed by atoms with Crippen LogP contribution in [-0.2, 0) is 0 Å². The van der Waals surface area contributed by atoms with Crippen molar-refractivity contribution in [3.63, 3.8) is 0 Å². The van der Waals surface area contributed by atoms with Gasteiger partial charge in [-0.25, -0.2) is 18.6 Å². The Kier molecular flexibility index (Phi) is 5.26. The van der Waals surface area contributed by atoms with Crippen LogP contribution in [0.5, 0.6) is 0 Å². The van der Waals surface area contributed by atoms with Crippen molar-refractivity contribution in [2.75, 3.05) is 10.6 Å². The lowest BCUT2D eigenvalue weighted by Gasteiger charge is -2.11. The van der Waals surface area contributed by atoms with Crippen molar-refractivity contribution < 1.29 is 18.0 Å². The zero-order chi connectivity index (χ0) is 21.1. The van der Waals surface area contributed by atoms with Gasteiger partial charge in [0.05, 0.1) is 11.9 Å². The topological polar surface area (TPSA) is 67.2 Å². The van der Waals surface area contributed by atoms with Gasteiger partial charge < -0.3 is 15.1 Å². The number of aryl methyl sites for hydroxylation is 1. The van der Waals surface area contributed by atoms with Crippen molar-refractivity contribution in [1.82, 2.24) is 4.98 Å². The Balaban J connectivity index is 1.49. The van der Waals surface area contributed by atoms with E-state index in [-0.39, 0.29) is 5.69 Å². The molecule has 0 spiro atoms. The number of rotatable bonds is 4. The number of amides is 2. The molecule has 0 saturated heterocycles. The van der Waals surface area contributed by atoms with E-state index >= 15 is 0 Å². The second-order valence-corrected chi connectivity index (χ2v) is 6.65. The summed E-state index contributed by atoms with van der Waals surface area (Å²) in [5, 5.41) is 4.98. The highest BCUT2D eigenvalue weighted by atomic mass is 19.1. The Labute approximate surface area is 171 Å². The smallest absolute Gasteiger partial charge is 0.323 e. The van der Waals surface area contributed by atoms with Crippen molar-refractivity contribution in [2.24, 2.45) is 0 Å². The van der Waals surface area contributed by atoms with Crippen LogP contribution in [0.15, 0.2) is 77.5 Å². The molecule has 30 heavy (non-hydrogen) atoms.